The van der Waals surface area contributed by atoms with E-state index in [9.17, 15) is 0 Å². The van der Waals surface area contributed by atoms with Crippen LogP contribution in [0.15, 0.2) is 12.6 Å². The van der Waals surface area contributed by atoms with E-state index in [0.717, 1.165) is 0 Å². The Morgan fingerprint density at radius 2 is 2.09 bits per heavy atom. The summed E-state index contributed by atoms with van der Waals surface area (Å²) in [7, 11) is 0. The van der Waals surface area contributed by atoms with Gasteiger partial charge in [-0.3, -0.25) is 0 Å². The average Bonchev–Trinajstić information content (AvgIpc) is 1.85. The molecule has 0 aliphatic carbocycles. The minimum Gasteiger partial charge on any atom is -0.506 e. The molecular formula is C6H4Cl2N2O. The zero-order chi connectivity index (χ0) is 8.43. The summed E-state index contributed by atoms with van der Waals surface area (Å²) < 4.78 is 0. The van der Waals surface area contributed by atoms with Gasteiger partial charge in [0, 0.05) is 6.07 Å². The van der Waals surface area contributed by atoms with Crippen LogP contribution in [0.25, 0.3) is 5.76 Å². The summed E-state index contributed by atoms with van der Waals surface area (Å²) in [5.74, 6) is -0.184. The van der Waals surface area contributed by atoms with Crippen molar-refractivity contribution in [2.75, 3.05) is 0 Å². The van der Waals surface area contributed by atoms with Crippen LogP contribution < -0.4 is 0 Å². The highest BCUT2D eigenvalue weighted by molar-refractivity contribution is 6.31. The van der Waals surface area contributed by atoms with Gasteiger partial charge in [0.15, 0.2) is 0 Å². The average molecular weight is 191 g/mol. The van der Waals surface area contributed by atoms with Crippen LogP contribution >= 0.6 is 23.2 Å². The van der Waals surface area contributed by atoms with Crippen LogP contribution in [0.3, 0.4) is 0 Å². The van der Waals surface area contributed by atoms with Crippen molar-refractivity contribution in [2.45, 2.75) is 0 Å². The maximum Gasteiger partial charge on any atom is 0.224 e. The van der Waals surface area contributed by atoms with Crippen molar-refractivity contribution >= 4 is 29.0 Å². The first-order valence-corrected chi connectivity index (χ1v) is 3.43. The molecule has 1 aromatic rings. The molecule has 1 rings (SSSR count). The summed E-state index contributed by atoms with van der Waals surface area (Å²) in [4.78, 5) is 7.24. The van der Waals surface area contributed by atoms with E-state index in [1.54, 1.807) is 0 Å². The monoisotopic (exact) mass is 190 g/mol. The Kier molecular flexibility index (Phi) is 2.31. The number of nitrogens with zero attached hydrogens (tertiary/aromatic N) is 2. The van der Waals surface area contributed by atoms with E-state index >= 15 is 0 Å². The van der Waals surface area contributed by atoms with Crippen LogP contribution in [0, 0.1) is 0 Å². The number of hydrogen-bond acceptors (Lipinski definition) is 3. The molecule has 0 aliphatic heterocycles. The Morgan fingerprint density at radius 3 is 2.55 bits per heavy atom. The van der Waals surface area contributed by atoms with Crippen LogP contribution in [0.2, 0.25) is 10.4 Å². The molecule has 5 heteroatoms. The van der Waals surface area contributed by atoms with Gasteiger partial charge in [-0.05, 0) is 11.6 Å². The molecule has 0 saturated carbocycles. The maximum absolute atomic E-state index is 8.87. The van der Waals surface area contributed by atoms with Crippen LogP contribution in [-0.4, -0.2) is 15.1 Å². The van der Waals surface area contributed by atoms with Crippen molar-refractivity contribution in [1.82, 2.24) is 9.97 Å². The molecule has 0 aromatic carbocycles. The van der Waals surface area contributed by atoms with Crippen molar-refractivity contribution in [3.63, 3.8) is 0 Å². The maximum atomic E-state index is 8.87. The van der Waals surface area contributed by atoms with Gasteiger partial charge in [-0.1, -0.05) is 18.2 Å². The van der Waals surface area contributed by atoms with Gasteiger partial charge in [-0.15, -0.1) is 0 Å². The van der Waals surface area contributed by atoms with E-state index in [4.69, 9.17) is 28.3 Å². The van der Waals surface area contributed by atoms with Crippen LogP contribution in [0.5, 0.6) is 0 Å². The molecule has 0 spiro atoms. The van der Waals surface area contributed by atoms with Crippen LogP contribution in [0.4, 0.5) is 0 Å². The first-order chi connectivity index (χ1) is 5.09. The van der Waals surface area contributed by atoms with Gasteiger partial charge in [0.05, 0.1) is 0 Å². The lowest BCUT2D eigenvalue weighted by Crippen LogP contribution is -1.90. The van der Waals surface area contributed by atoms with Gasteiger partial charge in [0.2, 0.25) is 5.28 Å². The molecule has 1 heterocycles. The lowest BCUT2D eigenvalue weighted by Gasteiger charge is -1.97. The van der Waals surface area contributed by atoms with Gasteiger partial charge in [0.25, 0.3) is 0 Å². The van der Waals surface area contributed by atoms with Gasteiger partial charge < -0.3 is 5.11 Å². The second-order valence-corrected chi connectivity index (χ2v) is 2.52. The SMILES string of the molecule is C=C(O)c1cc(Cl)nc(Cl)n1. The Morgan fingerprint density at radius 1 is 1.45 bits per heavy atom. The minimum atomic E-state index is -0.184. The Bertz CT molecular complexity index is 280. The van der Waals surface area contributed by atoms with Crippen LogP contribution in [0.1, 0.15) is 5.69 Å². The zero-order valence-corrected chi connectivity index (χ0v) is 6.89. The zero-order valence-electron chi connectivity index (χ0n) is 5.38. The van der Waals surface area contributed by atoms with Crippen molar-refractivity contribution in [3.05, 3.63) is 28.8 Å². The molecule has 1 aromatic heterocycles. The number of aromatic nitrogens is 2. The second kappa shape index (κ2) is 3.07. The molecule has 0 atom stereocenters. The van der Waals surface area contributed by atoms with E-state index < -0.39 is 0 Å². The van der Waals surface area contributed by atoms with E-state index in [2.05, 4.69) is 16.5 Å². The number of aliphatic hydroxyl groups excluding tert-OH is 1. The summed E-state index contributed by atoms with van der Waals surface area (Å²) in [5, 5.41) is 9.04. The van der Waals surface area contributed by atoms with Gasteiger partial charge in [-0.25, -0.2) is 9.97 Å². The topological polar surface area (TPSA) is 46.0 Å². The summed E-state index contributed by atoms with van der Waals surface area (Å²) in [6.07, 6.45) is 0. The lowest BCUT2D eigenvalue weighted by molar-refractivity contribution is 0.510. The van der Waals surface area contributed by atoms with Crippen molar-refractivity contribution in [2.24, 2.45) is 0 Å². The summed E-state index contributed by atoms with van der Waals surface area (Å²) in [6, 6.07) is 1.37. The van der Waals surface area contributed by atoms with E-state index in [0.29, 0.717) is 0 Å². The number of rotatable bonds is 1. The first kappa shape index (κ1) is 8.30. The predicted molar refractivity (Wildman–Crippen MR) is 43.7 cm³/mol. The highest BCUT2D eigenvalue weighted by Crippen LogP contribution is 2.14. The number of aliphatic hydroxyl groups is 1. The fraction of sp³-hybridized carbons (Fsp3) is 0. The third-order valence-corrected chi connectivity index (χ3v) is 1.33. The van der Waals surface area contributed by atoms with E-state index in [-0.39, 0.29) is 21.9 Å². The smallest absolute Gasteiger partial charge is 0.224 e. The molecule has 0 bridgehead atoms. The highest BCUT2D eigenvalue weighted by atomic mass is 35.5. The second-order valence-electron chi connectivity index (χ2n) is 1.79. The quantitative estimate of drug-likeness (QED) is 0.420. The van der Waals surface area contributed by atoms with Gasteiger partial charge in [-0.2, -0.15) is 0 Å². The Balaban J connectivity index is 3.19. The molecule has 58 valence electrons. The third-order valence-electron chi connectivity index (χ3n) is 0.963. The molecule has 1 N–H and O–H groups in total. The molecule has 0 saturated heterocycles. The molecule has 3 nitrogen and oxygen atoms in total. The Labute approximate surface area is 73.3 Å². The molecule has 0 amide bonds. The Hall–Kier alpha value is -0.800. The molecule has 0 aliphatic rings. The standard InChI is InChI=1S/C6H4Cl2N2O/c1-3(11)4-2-5(7)10-6(8)9-4/h2,11H,1H2. The molecule has 0 radical (unpaired) electrons. The first-order valence-electron chi connectivity index (χ1n) is 2.68. The predicted octanol–water partition coefficient (Wildman–Crippen LogP) is 2.31. The van der Waals surface area contributed by atoms with E-state index in [1.165, 1.54) is 6.07 Å². The van der Waals surface area contributed by atoms with Crippen molar-refractivity contribution < 1.29 is 5.11 Å². The fourth-order valence-corrected chi connectivity index (χ4v) is 0.946. The third kappa shape index (κ3) is 2.06. The summed E-state index contributed by atoms with van der Waals surface area (Å²) in [5.41, 5.74) is 0.231. The minimum absolute atomic E-state index is 0.0114. The largest absolute Gasteiger partial charge is 0.506 e. The summed E-state index contributed by atoms with van der Waals surface area (Å²) in [6.45, 7) is 3.26. The van der Waals surface area contributed by atoms with Gasteiger partial charge in [0.1, 0.15) is 16.6 Å². The molecule has 0 unspecified atom stereocenters. The molecule has 11 heavy (non-hydrogen) atoms. The fourth-order valence-electron chi connectivity index (χ4n) is 0.538. The lowest BCUT2D eigenvalue weighted by atomic mass is 10.4. The summed E-state index contributed by atoms with van der Waals surface area (Å²) >= 11 is 10.9. The van der Waals surface area contributed by atoms with Crippen molar-refractivity contribution in [1.29, 1.82) is 0 Å². The normalized spacial score (nSPS) is 9.64. The number of hydrogen-bond donors (Lipinski definition) is 1. The molecule has 0 fully saturated rings. The molecular weight excluding hydrogens is 187 g/mol. The van der Waals surface area contributed by atoms with Crippen molar-refractivity contribution in [3.8, 4) is 0 Å². The highest BCUT2D eigenvalue weighted by Gasteiger charge is 2.02. The van der Waals surface area contributed by atoms with Gasteiger partial charge >= 0.3 is 0 Å². The van der Waals surface area contributed by atoms with Crippen LogP contribution in [-0.2, 0) is 0 Å². The van der Waals surface area contributed by atoms with E-state index in [1.807, 2.05) is 0 Å². The number of halogens is 2.